The highest BCUT2D eigenvalue weighted by atomic mass is 16.3. The van der Waals surface area contributed by atoms with Crippen molar-refractivity contribution in [1.29, 1.82) is 0 Å². The number of likely N-dealkylation sites (N-methyl/N-ethyl adjacent to an activating group) is 1. The minimum absolute atomic E-state index is 0.0855. The third-order valence-electron chi connectivity index (χ3n) is 3.45. The van der Waals surface area contributed by atoms with Gasteiger partial charge < -0.3 is 15.3 Å². The maximum Gasteiger partial charge on any atom is 0.0628 e. The highest BCUT2D eigenvalue weighted by Gasteiger charge is 2.45. The zero-order chi connectivity index (χ0) is 13.1. The Hall–Kier alpha value is -0.120. The van der Waals surface area contributed by atoms with Gasteiger partial charge >= 0.3 is 0 Å². The molecule has 1 unspecified atom stereocenters. The van der Waals surface area contributed by atoms with Crippen LogP contribution in [-0.4, -0.2) is 48.3 Å². The van der Waals surface area contributed by atoms with Gasteiger partial charge in [0.2, 0.25) is 0 Å². The molecule has 0 aromatic heterocycles. The molecule has 1 fully saturated rings. The number of nitrogens with one attached hydrogen (secondary N) is 1. The second-order valence-corrected chi connectivity index (χ2v) is 6.48. The smallest absolute Gasteiger partial charge is 0.0628 e. The fraction of sp³-hybridized carbons (Fsp3) is 1.00. The molecule has 0 aliphatic heterocycles. The van der Waals surface area contributed by atoms with Crippen molar-refractivity contribution in [3.63, 3.8) is 0 Å². The van der Waals surface area contributed by atoms with E-state index in [0.717, 1.165) is 13.1 Å². The third kappa shape index (κ3) is 4.57. The van der Waals surface area contributed by atoms with Crippen LogP contribution in [-0.2, 0) is 0 Å². The molecule has 2 N–H and O–H groups in total. The summed E-state index contributed by atoms with van der Waals surface area (Å²) in [5.74, 6) is 1.33. The molecule has 0 heterocycles. The number of hydrogen-bond acceptors (Lipinski definition) is 3. The van der Waals surface area contributed by atoms with Gasteiger partial charge in [0, 0.05) is 19.1 Å². The van der Waals surface area contributed by atoms with Crippen LogP contribution in [0.1, 0.15) is 40.5 Å². The van der Waals surface area contributed by atoms with Gasteiger partial charge in [-0.05, 0) is 31.7 Å². The van der Waals surface area contributed by atoms with Crippen molar-refractivity contribution >= 4 is 0 Å². The van der Waals surface area contributed by atoms with Gasteiger partial charge in [-0.15, -0.1) is 0 Å². The Balaban J connectivity index is 2.61. The average Bonchev–Trinajstić information content (AvgIpc) is 2.97. The number of aliphatic hydroxyl groups excluding tert-OH is 1. The van der Waals surface area contributed by atoms with Crippen LogP contribution in [0.4, 0.5) is 0 Å². The summed E-state index contributed by atoms with van der Waals surface area (Å²) in [7, 11) is 2.16. The van der Waals surface area contributed by atoms with Gasteiger partial charge in [0.1, 0.15) is 0 Å². The lowest BCUT2D eigenvalue weighted by Crippen LogP contribution is -2.59. The minimum atomic E-state index is -0.0855. The molecule has 1 rings (SSSR count). The second kappa shape index (κ2) is 6.17. The quantitative estimate of drug-likeness (QED) is 0.680. The third-order valence-corrected chi connectivity index (χ3v) is 3.45. The summed E-state index contributed by atoms with van der Waals surface area (Å²) in [5.41, 5.74) is -0.0855. The van der Waals surface area contributed by atoms with Crippen molar-refractivity contribution < 1.29 is 5.11 Å². The van der Waals surface area contributed by atoms with Crippen LogP contribution in [0.2, 0.25) is 0 Å². The first kappa shape index (κ1) is 14.9. The highest BCUT2D eigenvalue weighted by molar-refractivity contribution is 5.03. The first-order valence-corrected chi connectivity index (χ1v) is 6.96. The first-order chi connectivity index (χ1) is 7.89. The number of aliphatic hydroxyl groups is 1. The number of rotatable bonds is 8. The summed E-state index contributed by atoms with van der Waals surface area (Å²) >= 11 is 0. The van der Waals surface area contributed by atoms with Gasteiger partial charge in [-0.2, -0.15) is 0 Å². The van der Waals surface area contributed by atoms with Gasteiger partial charge in [-0.1, -0.05) is 27.7 Å². The predicted octanol–water partition coefficient (Wildman–Crippen LogP) is 1.71. The molecule has 0 amide bonds. The van der Waals surface area contributed by atoms with E-state index in [1.165, 1.54) is 12.8 Å². The Morgan fingerprint density at radius 3 is 2.24 bits per heavy atom. The molecule has 0 bridgehead atoms. The topological polar surface area (TPSA) is 35.5 Å². The zero-order valence-corrected chi connectivity index (χ0v) is 12.2. The van der Waals surface area contributed by atoms with E-state index in [0.29, 0.717) is 17.9 Å². The maximum absolute atomic E-state index is 9.83. The van der Waals surface area contributed by atoms with E-state index in [1.54, 1.807) is 0 Å². The Kier molecular flexibility index (Phi) is 5.42. The molecular weight excluding hydrogens is 212 g/mol. The largest absolute Gasteiger partial charge is 0.394 e. The van der Waals surface area contributed by atoms with Gasteiger partial charge in [-0.25, -0.2) is 0 Å². The van der Waals surface area contributed by atoms with E-state index < -0.39 is 0 Å². The lowest BCUT2D eigenvalue weighted by molar-refractivity contribution is 0.0893. The molecule has 0 saturated heterocycles. The lowest BCUT2D eigenvalue weighted by atomic mass is 9.92. The van der Waals surface area contributed by atoms with Crippen LogP contribution in [0.5, 0.6) is 0 Å². The van der Waals surface area contributed by atoms with Crippen LogP contribution < -0.4 is 5.32 Å². The normalized spacial score (nSPS) is 20.3. The molecular formula is C14H30N2O. The first-order valence-electron chi connectivity index (χ1n) is 6.96. The molecule has 0 aromatic rings. The van der Waals surface area contributed by atoms with Crippen molar-refractivity contribution in [3.05, 3.63) is 0 Å². The molecule has 102 valence electrons. The van der Waals surface area contributed by atoms with Crippen molar-refractivity contribution in [2.24, 2.45) is 11.8 Å². The van der Waals surface area contributed by atoms with Crippen LogP contribution in [0.15, 0.2) is 0 Å². The van der Waals surface area contributed by atoms with E-state index in [2.05, 4.69) is 45.0 Å². The molecule has 3 heteroatoms. The van der Waals surface area contributed by atoms with E-state index in [9.17, 15) is 5.11 Å². The van der Waals surface area contributed by atoms with E-state index in [-0.39, 0.29) is 12.1 Å². The molecule has 1 atom stereocenters. The Morgan fingerprint density at radius 2 is 1.88 bits per heavy atom. The van der Waals surface area contributed by atoms with Gasteiger partial charge in [0.05, 0.1) is 12.1 Å². The van der Waals surface area contributed by atoms with E-state index >= 15 is 0 Å². The highest BCUT2D eigenvalue weighted by Crippen LogP contribution is 2.40. The maximum atomic E-state index is 9.83. The summed E-state index contributed by atoms with van der Waals surface area (Å²) in [6.07, 6.45) is 2.52. The minimum Gasteiger partial charge on any atom is -0.394 e. The molecule has 0 spiro atoms. The van der Waals surface area contributed by atoms with Crippen molar-refractivity contribution in [3.8, 4) is 0 Å². The van der Waals surface area contributed by atoms with Gasteiger partial charge in [-0.3, -0.25) is 0 Å². The number of nitrogens with zero attached hydrogens (tertiary/aromatic N) is 1. The lowest BCUT2D eigenvalue weighted by Gasteiger charge is -2.39. The average molecular weight is 242 g/mol. The Labute approximate surface area is 107 Å². The Morgan fingerprint density at radius 1 is 1.29 bits per heavy atom. The van der Waals surface area contributed by atoms with Crippen molar-refractivity contribution in [2.75, 3.05) is 26.7 Å². The molecule has 3 nitrogen and oxygen atoms in total. The summed E-state index contributed by atoms with van der Waals surface area (Å²) in [6.45, 7) is 11.1. The molecule has 1 aliphatic carbocycles. The monoisotopic (exact) mass is 242 g/mol. The second-order valence-electron chi connectivity index (χ2n) is 6.48. The van der Waals surface area contributed by atoms with Crippen molar-refractivity contribution in [2.45, 2.75) is 52.1 Å². The van der Waals surface area contributed by atoms with E-state index in [1.807, 2.05) is 0 Å². The van der Waals surface area contributed by atoms with Crippen LogP contribution >= 0.6 is 0 Å². The molecule has 0 aromatic carbocycles. The standard InChI is InChI=1S/C14H30N2O/c1-11(2)8-16(5)9-14(10-17,13-6-7-13)15-12(3)4/h11-13,15,17H,6-10H2,1-5H3. The predicted molar refractivity (Wildman–Crippen MR) is 73.1 cm³/mol. The van der Waals surface area contributed by atoms with Gasteiger partial charge in [0.25, 0.3) is 0 Å². The summed E-state index contributed by atoms with van der Waals surface area (Å²) in [6, 6.07) is 0.426. The SMILES string of the molecule is CC(C)CN(C)CC(CO)(NC(C)C)C1CC1. The molecule has 0 radical (unpaired) electrons. The van der Waals surface area contributed by atoms with Crippen molar-refractivity contribution in [1.82, 2.24) is 10.2 Å². The molecule has 1 saturated carbocycles. The van der Waals surface area contributed by atoms with Crippen LogP contribution in [0.3, 0.4) is 0 Å². The Bertz CT molecular complexity index is 226. The van der Waals surface area contributed by atoms with Gasteiger partial charge in [0.15, 0.2) is 0 Å². The van der Waals surface area contributed by atoms with Crippen LogP contribution in [0.25, 0.3) is 0 Å². The summed E-state index contributed by atoms with van der Waals surface area (Å²) in [5, 5.41) is 13.4. The molecule has 17 heavy (non-hydrogen) atoms. The van der Waals surface area contributed by atoms with Crippen LogP contribution in [0, 0.1) is 11.8 Å². The van der Waals surface area contributed by atoms with E-state index in [4.69, 9.17) is 0 Å². The summed E-state index contributed by atoms with van der Waals surface area (Å²) in [4.78, 5) is 2.36. The summed E-state index contributed by atoms with van der Waals surface area (Å²) < 4.78 is 0. The zero-order valence-electron chi connectivity index (χ0n) is 12.2. The fourth-order valence-electron chi connectivity index (χ4n) is 2.90. The fourth-order valence-corrected chi connectivity index (χ4v) is 2.90. The molecule has 1 aliphatic rings. The number of hydrogen-bond donors (Lipinski definition) is 2.